The van der Waals surface area contributed by atoms with Crippen molar-refractivity contribution in [3.05, 3.63) is 34.4 Å². The number of imide groups is 2. The van der Waals surface area contributed by atoms with Crippen LogP contribution in [0, 0.1) is 22.7 Å². The number of nitriles is 2. The molecule has 0 fully saturated rings. The van der Waals surface area contributed by atoms with Crippen LogP contribution in [-0.4, -0.2) is 46.5 Å². The molecule has 0 aliphatic carbocycles. The molecule has 0 N–H and O–H groups in total. The monoisotopic (exact) mass is 438 g/mol. The first-order chi connectivity index (χ1) is 15.3. The van der Waals surface area contributed by atoms with Crippen molar-refractivity contribution in [2.75, 3.05) is 0 Å². The van der Waals surface area contributed by atoms with Gasteiger partial charge in [0.25, 0.3) is 11.8 Å². The van der Waals surface area contributed by atoms with Crippen LogP contribution in [0.3, 0.4) is 0 Å². The average molecular weight is 439 g/mol. The fourth-order valence-electron chi connectivity index (χ4n) is 3.42. The van der Waals surface area contributed by atoms with Crippen molar-refractivity contribution in [2.45, 2.75) is 78.3 Å². The summed E-state index contributed by atoms with van der Waals surface area (Å²) in [5, 5.41) is 19.2. The van der Waals surface area contributed by atoms with Crippen molar-refractivity contribution < 1.29 is 19.2 Å². The van der Waals surface area contributed by atoms with E-state index in [4.69, 9.17) is 0 Å². The predicted octanol–water partition coefficient (Wildman–Crippen LogP) is 3.78. The van der Waals surface area contributed by atoms with Gasteiger partial charge in [-0.3, -0.25) is 29.0 Å². The van der Waals surface area contributed by atoms with E-state index in [-0.39, 0.29) is 22.3 Å². The van der Waals surface area contributed by atoms with Gasteiger partial charge in [-0.1, -0.05) is 39.5 Å². The molecule has 4 amide bonds. The van der Waals surface area contributed by atoms with Gasteiger partial charge < -0.3 is 0 Å². The zero-order chi connectivity index (χ0) is 24.3. The lowest BCUT2D eigenvalue weighted by molar-refractivity contribution is -0.118. The van der Waals surface area contributed by atoms with Crippen LogP contribution in [0.1, 0.15) is 98.1 Å². The third-order valence-electron chi connectivity index (χ3n) is 5.44. The molecule has 0 spiro atoms. The Hall–Kier alpha value is -3.52. The summed E-state index contributed by atoms with van der Waals surface area (Å²) in [6.07, 6.45) is 5.33. The van der Waals surface area contributed by atoms with E-state index in [2.05, 4.69) is 0 Å². The number of hydrogen-bond donors (Lipinski definition) is 0. The normalized spacial score (nSPS) is 12.1. The molecular formula is C24H30N4O4. The molecule has 0 heterocycles. The van der Waals surface area contributed by atoms with Crippen molar-refractivity contribution in [2.24, 2.45) is 0 Å². The second kappa shape index (κ2) is 13.0. The van der Waals surface area contributed by atoms with E-state index in [1.807, 2.05) is 26.0 Å². The zero-order valence-electron chi connectivity index (χ0n) is 19.1. The van der Waals surface area contributed by atoms with Crippen LogP contribution in [0.5, 0.6) is 0 Å². The molecule has 0 saturated heterocycles. The van der Waals surface area contributed by atoms with Crippen molar-refractivity contribution in [1.82, 2.24) is 9.80 Å². The summed E-state index contributed by atoms with van der Waals surface area (Å²) in [4.78, 5) is 51.6. The van der Waals surface area contributed by atoms with Gasteiger partial charge in [0.15, 0.2) is 0 Å². The molecule has 0 radical (unpaired) electrons. The summed E-state index contributed by atoms with van der Waals surface area (Å²) in [5.41, 5.74) is -0.701. The zero-order valence-corrected chi connectivity index (χ0v) is 19.1. The lowest BCUT2D eigenvalue weighted by Gasteiger charge is -2.26. The highest BCUT2D eigenvalue weighted by Gasteiger charge is 2.30. The number of hydrogen-bond acceptors (Lipinski definition) is 6. The van der Waals surface area contributed by atoms with Gasteiger partial charge in [0.05, 0.1) is 28.3 Å². The fourth-order valence-corrected chi connectivity index (χ4v) is 3.42. The van der Waals surface area contributed by atoms with E-state index in [1.165, 1.54) is 12.1 Å². The number of carbonyl (C=O) groups excluding carboxylic acids is 4. The maximum Gasteiger partial charge on any atom is 0.261 e. The number of benzene rings is 1. The molecule has 8 nitrogen and oxygen atoms in total. The first-order valence-electron chi connectivity index (χ1n) is 10.8. The van der Waals surface area contributed by atoms with Gasteiger partial charge in [-0.2, -0.15) is 10.5 Å². The van der Waals surface area contributed by atoms with Gasteiger partial charge in [-0.15, -0.1) is 0 Å². The number of carbonyl (C=O) groups is 4. The van der Waals surface area contributed by atoms with Gasteiger partial charge in [0.2, 0.25) is 12.8 Å². The molecule has 32 heavy (non-hydrogen) atoms. The minimum absolute atomic E-state index is 0.0187. The molecule has 0 saturated carbocycles. The highest BCUT2D eigenvalue weighted by Crippen LogP contribution is 2.23. The average Bonchev–Trinajstić information content (AvgIpc) is 2.80. The van der Waals surface area contributed by atoms with Crippen LogP contribution in [-0.2, 0) is 9.59 Å². The molecule has 2 atom stereocenters. The molecule has 1 rings (SSSR count). The van der Waals surface area contributed by atoms with Gasteiger partial charge in [-0.05, 0) is 38.8 Å². The quantitative estimate of drug-likeness (QED) is 0.458. The molecule has 1 aromatic rings. The Morgan fingerprint density at radius 2 is 1.28 bits per heavy atom. The second-order valence-electron chi connectivity index (χ2n) is 7.79. The van der Waals surface area contributed by atoms with Crippen LogP contribution < -0.4 is 0 Å². The number of unbranched alkanes of at least 4 members (excludes halogenated alkanes) is 2. The van der Waals surface area contributed by atoms with E-state index < -0.39 is 23.9 Å². The predicted molar refractivity (Wildman–Crippen MR) is 118 cm³/mol. The lowest BCUT2D eigenvalue weighted by atomic mass is 9.95. The summed E-state index contributed by atoms with van der Waals surface area (Å²) < 4.78 is 0. The Balaban J connectivity index is 3.54. The van der Waals surface area contributed by atoms with Gasteiger partial charge in [0, 0.05) is 12.1 Å². The molecule has 8 heteroatoms. The third kappa shape index (κ3) is 6.24. The molecule has 0 bridgehead atoms. The number of amides is 4. The van der Waals surface area contributed by atoms with Crippen molar-refractivity contribution in [3.63, 3.8) is 0 Å². The third-order valence-corrected chi connectivity index (χ3v) is 5.44. The van der Waals surface area contributed by atoms with E-state index >= 15 is 0 Å². The SMILES string of the molecule is CCCCC(C)N(C=O)C(=O)c1cc(C#N)cc(C(=O)N(C=O)C(C)CCCC)c1C#N. The van der Waals surface area contributed by atoms with E-state index in [0.717, 1.165) is 35.5 Å². The number of rotatable bonds is 12. The van der Waals surface area contributed by atoms with Crippen molar-refractivity contribution in [3.8, 4) is 12.1 Å². The van der Waals surface area contributed by atoms with Crippen molar-refractivity contribution in [1.29, 1.82) is 10.5 Å². The summed E-state index contributed by atoms with van der Waals surface area (Å²) in [5.74, 6) is -1.52. The van der Waals surface area contributed by atoms with Gasteiger partial charge in [0.1, 0.15) is 6.07 Å². The van der Waals surface area contributed by atoms with E-state index in [1.54, 1.807) is 13.8 Å². The summed E-state index contributed by atoms with van der Waals surface area (Å²) in [6.45, 7) is 7.42. The Labute approximate surface area is 189 Å². The molecule has 2 unspecified atom stereocenters. The second-order valence-corrected chi connectivity index (χ2v) is 7.79. The fraction of sp³-hybridized carbons (Fsp3) is 0.500. The van der Waals surface area contributed by atoms with E-state index in [9.17, 15) is 29.7 Å². The van der Waals surface area contributed by atoms with Crippen LogP contribution in [0.2, 0.25) is 0 Å². The topological polar surface area (TPSA) is 122 Å². The highest BCUT2D eigenvalue weighted by atomic mass is 16.2. The summed E-state index contributed by atoms with van der Waals surface area (Å²) in [6, 6.07) is 5.31. The van der Waals surface area contributed by atoms with Crippen LogP contribution in [0.15, 0.2) is 12.1 Å². The smallest absolute Gasteiger partial charge is 0.261 e. The maximum absolute atomic E-state index is 13.2. The molecule has 0 aromatic heterocycles. The summed E-state index contributed by atoms with van der Waals surface area (Å²) in [7, 11) is 0. The largest absolute Gasteiger partial charge is 0.278 e. The van der Waals surface area contributed by atoms with Gasteiger partial charge in [-0.25, -0.2) is 0 Å². The Morgan fingerprint density at radius 3 is 1.56 bits per heavy atom. The molecule has 1 aromatic carbocycles. The van der Waals surface area contributed by atoms with Crippen LogP contribution >= 0.6 is 0 Å². The summed E-state index contributed by atoms with van der Waals surface area (Å²) >= 11 is 0. The van der Waals surface area contributed by atoms with E-state index in [0.29, 0.717) is 25.7 Å². The minimum Gasteiger partial charge on any atom is -0.278 e. The molecule has 170 valence electrons. The highest BCUT2D eigenvalue weighted by molar-refractivity contribution is 6.08. The van der Waals surface area contributed by atoms with Gasteiger partial charge >= 0.3 is 0 Å². The minimum atomic E-state index is -0.761. The van der Waals surface area contributed by atoms with Crippen LogP contribution in [0.25, 0.3) is 0 Å². The lowest BCUT2D eigenvalue weighted by Crippen LogP contribution is -2.39. The first kappa shape index (κ1) is 26.5. The van der Waals surface area contributed by atoms with Crippen molar-refractivity contribution >= 4 is 24.6 Å². The van der Waals surface area contributed by atoms with Crippen LogP contribution in [0.4, 0.5) is 0 Å². The maximum atomic E-state index is 13.2. The molecular weight excluding hydrogens is 408 g/mol. The standard InChI is InChI=1S/C24H30N4O4/c1-5-7-9-17(3)27(15-29)23(31)20-11-19(13-25)12-21(22(20)14-26)24(32)28(16-30)18(4)10-8-6-2/h11-12,15-18H,5-10H2,1-4H3. The molecule has 0 aliphatic rings. The Morgan fingerprint density at radius 1 is 0.875 bits per heavy atom. The number of nitrogens with zero attached hydrogens (tertiary/aromatic N) is 4. The Bertz CT molecular complexity index is 870. The first-order valence-corrected chi connectivity index (χ1v) is 10.8. The Kier molecular flexibility index (Phi) is 10.8. The molecule has 0 aliphatic heterocycles.